The van der Waals surface area contributed by atoms with Crippen LogP contribution in [0.1, 0.15) is 32.6 Å². The minimum atomic E-state index is 0.423. The van der Waals surface area contributed by atoms with Crippen LogP contribution in [0.3, 0.4) is 0 Å². The Bertz CT molecular complexity index is 458. The topological polar surface area (TPSA) is 92.0 Å². The number of nitrogens with zero attached hydrogens (tertiary/aromatic N) is 4. The van der Waals surface area contributed by atoms with E-state index in [9.17, 15) is 0 Å². The van der Waals surface area contributed by atoms with Crippen LogP contribution >= 0.6 is 0 Å². The molecule has 2 aliphatic rings. The molecule has 2 unspecified atom stereocenters. The molecule has 1 aliphatic carbocycles. The molecule has 0 radical (unpaired) electrons. The summed E-state index contributed by atoms with van der Waals surface area (Å²) >= 11 is 0. The largest absolute Gasteiger partial charge is 0.354 e. The Morgan fingerprint density at radius 1 is 1.15 bits per heavy atom. The first-order chi connectivity index (χ1) is 9.76. The van der Waals surface area contributed by atoms with E-state index >= 15 is 0 Å². The Morgan fingerprint density at radius 2 is 1.85 bits per heavy atom. The van der Waals surface area contributed by atoms with Crippen LogP contribution in [-0.4, -0.2) is 34.6 Å². The summed E-state index contributed by atoms with van der Waals surface area (Å²) in [7, 11) is 0. The zero-order chi connectivity index (χ0) is 13.9. The summed E-state index contributed by atoms with van der Waals surface area (Å²) in [6.07, 6.45) is 4.96. The predicted molar refractivity (Wildman–Crippen MR) is 79.5 cm³/mol. The molecule has 0 aromatic carbocycles. The third-order valence-corrected chi connectivity index (χ3v) is 4.19. The number of nitrogen functional groups attached to an aromatic ring is 1. The lowest BCUT2D eigenvalue weighted by Crippen LogP contribution is -2.32. The Morgan fingerprint density at radius 3 is 2.50 bits per heavy atom. The highest BCUT2D eigenvalue weighted by molar-refractivity contribution is 5.43. The van der Waals surface area contributed by atoms with Crippen LogP contribution in [0.2, 0.25) is 0 Å². The first-order valence-electron chi connectivity index (χ1n) is 7.48. The van der Waals surface area contributed by atoms with Gasteiger partial charge in [-0.3, -0.25) is 5.43 Å². The summed E-state index contributed by atoms with van der Waals surface area (Å²) in [6.45, 7) is 5.21. The van der Waals surface area contributed by atoms with Crippen LogP contribution in [0, 0.1) is 11.8 Å². The molecule has 2 fully saturated rings. The van der Waals surface area contributed by atoms with E-state index in [1.54, 1.807) is 0 Å². The van der Waals surface area contributed by atoms with Crippen molar-refractivity contribution in [3.05, 3.63) is 0 Å². The Kier molecular flexibility index (Phi) is 3.86. The summed E-state index contributed by atoms with van der Waals surface area (Å²) in [6, 6.07) is 0. The highest BCUT2D eigenvalue weighted by Crippen LogP contribution is 2.37. The first kappa shape index (κ1) is 13.4. The van der Waals surface area contributed by atoms with Crippen LogP contribution < -0.4 is 21.5 Å². The summed E-state index contributed by atoms with van der Waals surface area (Å²) in [4.78, 5) is 15.4. The van der Waals surface area contributed by atoms with Gasteiger partial charge in [0.1, 0.15) is 0 Å². The average Bonchev–Trinajstić information content (AvgIpc) is 3.21. The lowest BCUT2D eigenvalue weighted by Gasteiger charge is -2.26. The normalized spacial score (nSPS) is 25.4. The van der Waals surface area contributed by atoms with Crippen molar-refractivity contribution in [3.63, 3.8) is 0 Å². The molecule has 2 atom stereocenters. The fraction of sp³-hybridized carbons (Fsp3) is 0.769. The van der Waals surface area contributed by atoms with E-state index in [1.807, 2.05) is 0 Å². The van der Waals surface area contributed by atoms with Crippen LogP contribution in [-0.2, 0) is 0 Å². The van der Waals surface area contributed by atoms with Gasteiger partial charge in [0.15, 0.2) is 0 Å². The number of piperidine rings is 1. The molecule has 1 saturated carbocycles. The van der Waals surface area contributed by atoms with Crippen molar-refractivity contribution in [2.75, 3.05) is 35.3 Å². The van der Waals surface area contributed by atoms with Crippen molar-refractivity contribution in [2.24, 2.45) is 17.7 Å². The van der Waals surface area contributed by atoms with E-state index in [2.05, 4.69) is 37.5 Å². The molecule has 2 heterocycles. The van der Waals surface area contributed by atoms with Gasteiger partial charge in [-0.15, -0.1) is 0 Å². The summed E-state index contributed by atoms with van der Waals surface area (Å²) < 4.78 is 0. The number of hydrogen-bond donors (Lipinski definition) is 3. The van der Waals surface area contributed by atoms with E-state index < -0.39 is 0 Å². The Balaban J connectivity index is 1.71. The highest BCUT2D eigenvalue weighted by atomic mass is 15.4. The van der Waals surface area contributed by atoms with Gasteiger partial charge in [0, 0.05) is 19.6 Å². The molecule has 1 aromatic heterocycles. The maximum Gasteiger partial charge on any atom is 0.243 e. The zero-order valence-electron chi connectivity index (χ0n) is 12.0. The van der Waals surface area contributed by atoms with Gasteiger partial charge < -0.3 is 10.2 Å². The fourth-order valence-electron chi connectivity index (χ4n) is 2.65. The molecule has 110 valence electrons. The number of hydrazine groups is 1. The molecule has 0 amide bonds. The Labute approximate surface area is 119 Å². The monoisotopic (exact) mass is 277 g/mol. The van der Waals surface area contributed by atoms with Gasteiger partial charge in [-0.05, 0) is 37.5 Å². The second kappa shape index (κ2) is 5.78. The van der Waals surface area contributed by atoms with Gasteiger partial charge >= 0.3 is 0 Å². The zero-order valence-corrected chi connectivity index (χ0v) is 12.0. The fourth-order valence-corrected chi connectivity index (χ4v) is 2.65. The van der Waals surface area contributed by atoms with Crippen molar-refractivity contribution in [1.82, 2.24) is 15.0 Å². The predicted octanol–water partition coefficient (Wildman–Crippen LogP) is 1.22. The summed E-state index contributed by atoms with van der Waals surface area (Å²) in [5.74, 6) is 8.79. The second-order valence-corrected chi connectivity index (χ2v) is 5.83. The van der Waals surface area contributed by atoms with Crippen LogP contribution in [0.15, 0.2) is 0 Å². The summed E-state index contributed by atoms with van der Waals surface area (Å²) in [5.41, 5.74) is 2.53. The third-order valence-electron chi connectivity index (χ3n) is 4.19. The van der Waals surface area contributed by atoms with Crippen molar-refractivity contribution in [2.45, 2.75) is 32.6 Å². The van der Waals surface area contributed by atoms with Crippen molar-refractivity contribution >= 4 is 17.8 Å². The molecular formula is C13H23N7. The molecular weight excluding hydrogens is 254 g/mol. The van der Waals surface area contributed by atoms with E-state index in [4.69, 9.17) is 5.84 Å². The number of nitrogens with one attached hydrogen (secondary N) is 2. The molecule has 7 nitrogen and oxygen atoms in total. The van der Waals surface area contributed by atoms with Crippen LogP contribution in [0.5, 0.6) is 0 Å². The SMILES string of the molecule is CC1CC1CNc1nc(NN)nc(N2CCCCC2)n1. The molecule has 1 aliphatic heterocycles. The van der Waals surface area contributed by atoms with Gasteiger partial charge in [-0.1, -0.05) is 6.92 Å². The van der Waals surface area contributed by atoms with Gasteiger partial charge in [-0.25, -0.2) is 5.84 Å². The van der Waals surface area contributed by atoms with Gasteiger partial charge in [-0.2, -0.15) is 15.0 Å². The maximum absolute atomic E-state index is 5.46. The number of anilines is 3. The number of hydrogen-bond acceptors (Lipinski definition) is 7. The molecule has 0 spiro atoms. The lowest BCUT2D eigenvalue weighted by atomic mass is 10.1. The molecule has 20 heavy (non-hydrogen) atoms. The van der Waals surface area contributed by atoms with Crippen LogP contribution in [0.4, 0.5) is 17.8 Å². The summed E-state index contributed by atoms with van der Waals surface area (Å²) in [5, 5.41) is 3.31. The van der Waals surface area contributed by atoms with Crippen LogP contribution in [0.25, 0.3) is 0 Å². The molecule has 7 heteroatoms. The number of aromatic nitrogens is 3. The molecule has 1 aromatic rings. The number of rotatable bonds is 5. The molecule has 4 N–H and O–H groups in total. The average molecular weight is 277 g/mol. The Hall–Kier alpha value is -1.63. The highest BCUT2D eigenvalue weighted by Gasteiger charge is 2.32. The quantitative estimate of drug-likeness (QED) is 0.550. The minimum Gasteiger partial charge on any atom is -0.354 e. The lowest BCUT2D eigenvalue weighted by molar-refractivity contribution is 0.567. The smallest absolute Gasteiger partial charge is 0.243 e. The van der Waals surface area contributed by atoms with E-state index in [-0.39, 0.29) is 0 Å². The van der Waals surface area contributed by atoms with Crippen molar-refractivity contribution in [1.29, 1.82) is 0 Å². The van der Waals surface area contributed by atoms with Crippen molar-refractivity contribution in [3.8, 4) is 0 Å². The molecule has 3 rings (SSSR count). The van der Waals surface area contributed by atoms with Crippen molar-refractivity contribution < 1.29 is 0 Å². The van der Waals surface area contributed by atoms with E-state index in [1.165, 1.54) is 25.7 Å². The maximum atomic E-state index is 5.46. The van der Waals surface area contributed by atoms with Gasteiger partial charge in [0.2, 0.25) is 17.8 Å². The van der Waals surface area contributed by atoms with Gasteiger partial charge in [0.25, 0.3) is 0 Å². The van der Waals surface area contributed by atoms with E-state index in [0.717, 1.165) is 37.4 Å². The molecule has 1 saturated heterocycles. The second-order valence-electron chi connectivity index (χ2n) is 5.83. The standard InChI is InChI=1S/C13H23N7/c1-9-7-10(9)8-15-11-16-12(19-14)18-13(17-11)20-5-3-2-4-6-20/h9-10H,2-8,14H2,1H3,(H2,15,16,17,18,19). The van der Waals surface area contributed by atoms with E-state index in [0.29, 0.717) is 11.9 Å². The van der Waals surface area contributed by atoms with Gasteiger partial charge in [0.05, 0.1) is 0 Å². The first-order valence-corrected chi connectivity index (χ1v) is 7.48. The molecule has 0 bridgehead atoms. The third kappa shape index (κ3) is 3.09. The minimum absolute atomic E-state index is 0.423. The number of nitrogens with two attached hydrogens (primary N) is 1.